The Morgan fingerprint density at radius 3 is 2.45 bits per heavy atom. The number of carbonyl (C=O) groups excluding carboxylic acids is 1. The summed E-state index contributed by atoms with van der Waals surface area (Å²) in [6.07, 6.45) is 1.81. The first-order valence-electron chi connectivity index (χ1n) is 9.47. The van der Waals surface area contributed by atoms with Crippen molar-refractivity contribution in [2.24, 2.45) is 0 Å². The number of carbonyl (C=O) groups is 1. The number of benzene rings is 2. The van der Waals surface area contributed by atoms with Crippen molar-refractivity contribution in [3.63, 3.8) is 0 Å². The van der Waals surface area contributed by atoms with Gasteiger partial charge in [-0.25, -0.2) is 10.2 Å². The molecule has 3 rings (SSSR count). The lowest BCUT2D eigenvalue weighted by molar-refractivity contribution is -0.133. The highest BCUT2D eigenvalue weighted by Crippen LogP contribution is 2.54. The molecule has 9 heteroatoms. The van der Waals surface area contributed by atoms with Crippen LogP contribution in [0.5, 0.6) is 11.5 Å². The van der Waals surface area contributed by atoms with E-state index in [2.05, 4.69) is 0 Å². The smallest absolute Gasteiger partial charge is 0.303 e. The van der Waals surface area contributed by atoms with Crippen molar-refractivity contribution in [1.29, 1.82) is 0 Å². The highest BCUT2D eigenvalue weighted by atomic mass is 35.5. The van der Waals surface area contributed by atoms with Crippen molar-refractivity contribution >= 4 is 30.3 Å². The van der Waals surface area contributed by atoms with E-state index in [0.29, 0.717) is 54.2 Å². The number of halogens is 1. The summed E-state index contributed by atoms with van der Waals surface area (Å²) in [7, 11) is -3.45. The molecule has 0 bridgehead atoms. The van der Waals surface area contributed by atoms with E-state index in [9.17, 15) is 9.36 Å². The standard InChI is InChI=1S/C20H24ClN2O5P/c1-2-4-19(20(24)22-25)23-13-3-14-27-29(23,26)18-11-9-17(10-12-18)28-16-7-5-15(21)6-8-16/h5-12,19,25H,2-4,13-14H2,1H3,(H,22,24)/t19-,29?/m1/s1. The first-order chi connectivity index (χ1) is 14.0. The second-order valence-corrected chi connectivity index (χ2v) is 9.47. The monoisotopic (exact) mass is 438 g/mol. The van der Waals surface area contributed by atoms with Crippen molar-refractivity contribution in [3.05, 3.63) is 53.6 Å². The molecule has 2 aromatic rings. The van der Waals surface area contributed by atoms with E-state index < -0.39 is 19.5 Å². The van der Waals surface area contributed by atoms with Crippen LogP contribution < -0.4 is 15.5 Å². The summed E-state index contributed by atoms with van der Waals surface area (Å²) in [5.41, 5.74) is 1.69. The Kier molecular flexibility index (Phi) is 7.33. The predicted molar refractivity (Wildman–Crippen MR) is 111 cm³/mol. The molecule has 0 saturated carbocycles. The van der Waals surface area contributed by atoms with Crippen LogP contribution in [-0.4, -0.2) is 35.0 Å². The van der Waals surface area contributed by atoms with Crippen LogP contribution >= 0.6 is 19.1 Å². The highest BCUT2D eigenvalue weighted by molar-refractivity contribution is 7.64. The molecule has 1 amide bonds. The van der Waals surface area contributed by atoms with Gasteiger partial charge in [0.25, 0.3) is 5.91 Å². The zero-order chi connectivity index (χ0) is 20.9. The minimum atomic E-state index is -3.45. The van der Waals surface area contributed by atoms with Crippen molar-refractivity contribution in [2.75, 3.05) is 13.2 Å². The Hall–Kier alpha value is -1.89. The number of hydroxylamine groups is 1. The number of nitrogens with zero attached hydrogens (tertiary/aromatic N) is 1. The minimum absolute atomic E-state index is 0.344. The van der Waals surface area contributed by atoms with Crippen LogP contribution in [0.3, 0.4) is 0 Å². The van der Waals surface area contributed by atoms with Gasteiger partial charge < -0.3 is 9.26 Å². The first-order valence-corrected chi connectivity index (χ1v) is 11.4. The quantitative estimate of drug-likeness (QED) is 0.379. The Morgan fingerprint density at radius 2 is 1.86 bits per heavy atom. The van der Waals surface area contributed by atoms with Gasteiger partial charge in [-0.15, -0.1) is 0 Å². The Bertz CT molecular complexity index is 875. The minimum Gasteiger partial charge on any atom is -0.457 e. The highest BCUT2D eigenvalue weighted by Gasteiger charge is 2.43. The van der Waals surface area contributed by atoms with Crippen LogP contribution in [0.2, 0.25) is 5.02 Å². The van der Waals surface area contributed by atoms with Crippen LogP contribution in [0.4, 0.5) is 0 Å². The normalized spacial score (nSPS) is 20.8. The third-order valence-electron chi connectivity index (χ3n) is 4.68. The van der Waals surface area contributed by atoms with E-state index >= 15 is 0 Å². The maximum Gasteiger partial charge on any atom is 0.303 e. The van der Waals surface area contributed by atoms with Crippen molar-refractivity contribution in [2.45, 2.75) is 32.2 Å². The lowest BCUT2D eigenvalue weighted by Gasteiger charge is -2.39. The molecule has 0 aliphatic carbocycles. The number of amides is 1. The maximum atomic E-state index is 13.8. The zero-order valence-corrected chi connectivity index (χ0v) is 17.7. The molecule has 0 aromatic heterocycles. The molecule has 1 aliphatic heterocycles. The van der Waals surface area contributed by atoms with Crippen molar-refractivity contribution < 1.29 is 23.8 Å². The summed E-state index contributed by atoms with van der Waals surface area (Å²) >= 11 is 5.88. The average Bonchev–Trinajstić information content (AvgIpc) is 2.74. The van der Waals surface area contributed by atoms with Gasteiger partial charge in [-0.2, -0.15) is 0 Å². The molecule has 2 N–H and O–H groups in total. The Labute approximate surface area is 175 Å². The molecule has 29 heavy (non-hydrogen) atoms. The molecule has 1 saturated heterocycles. The van der Waals surface area contributed by atoms with Crippen LogP contribution in [-0.2, 0) is 13.9 Å². The van der Waals surface area contributed by atoms with Crippen molar-refractivity contribution in [3.8, 4) is 11.5 Å². The fourth-order valence-electron chi connectivity index (χ4n) is 3.29. The van der Waals surface area contributed by atoms with Gasteiger partial charge in [0.15, 0.2) is 0 Å². The van der Waals surface area contributed by atoms with Gasteiger partial charge in [-0.1, -0.05) is 24.9 Å². The number of ether oxygens (including phenoxy) is 1. The fourth-order valence-corrected chi connectivity index (χ4v) is 5.90. The van der Waals surface area contributed by atoms with Gasteiger partial charge in [0.2, 0.25) is 0 Å². The largest absolute Gasteiger partial charge is 0.457 e. The van der Waals surface area contributed by atoms with Gasteiger partial charge in [0, 0.05) is 11.6 Å². The molecule has 0 spiro atoms. The number of rotatable bonds is 7. The van der Waals surface area contributed by atoms with Gasteiger partial charge in [-0.3, -0.25) is 14.6 Å². The van der Waals surface area contributed by atoms with Gasteiger partial charge in [0.1, 0.15) is 11.5 Å². The topological polar surface area (TPSA) is 88.1 Å². The number of hydrogen-bond donors (Lipinski definition) is 2. The van der Waals surface area contributed by atoms with E-state index in [4.69, 9.17) is 26.1 Å². The molecule has 2 atom stereocenters. The molecule has 1 fully saturated rings. The van der Waals surface area contributed by atoms with Crippen LogP contribution in [0.25, 0.3) is 0 Å². The Balaban J connectivity index is 1.84. The second-order valence-electron chi connectivity index (χ2n) is 6.70. The van der Waals surface area contributed by atoms with E-state index in [-0.39, 0.29) is 0 Å². The lowest BCUT2D eigenvalue weighted by Crippen LogP contribution is -2.48. The summed E-state index contributed by atoms with van der Waals surface area (Å²) < 4.78 is 26.9. The van der Waals surface area contributed by atoms with E-state index in [1.54, 1.807) is 58.7 Å². The molecule has 156 valence electrons. The SMILES string of the molecule is CCC[C@H](C(=O)NO)N1CCCOP1(=O)c1ccc(Oc2ccc(Cl)cc2)cc1. The lowest BCUT2D eigenvalue weighted by atomic mass is 10.1. The number of hydrogen-bond acceptors (Lipinski definition) is 5. The molecule has 0 radical (unpaired) electrons. The summed E-state index contributed by atoms with van der Waals surface area (Å²) in [6, 6.07) is 13.0. The summed E-state index contributed by atoms with van der Waals surface area (Å²) in [6.45, 7) is 2.71. The molecule has 1 aliphatic rings. The maximum absolute atomic E-state index is 13.8. The molecular weight excluding hydrogens is 415 g/mol. The molecular formula is C20H24ClN2O5P. The van der Waals surface area contributed by atoms with Crippen molar-refractivity contribution in [1.82, 2.24) is 10.2 Å². The van der Waals surface area contributed by atoms with Gasteiger partial charge in [0.05, 0.1) is 18.0 Å². The third kappa shape index (κ3) is 5.00. The Morgan fingerprint density at radius 1 is 1.24 bits per heavy atom. The van der Waals surface area contributed by atoms with Crippen LogP contribution in [0.15, 0.2) is 48.5 Å². The second kappa shape index (κ2) is 9.74. The van der Waals surface area contributed by atoms with Gasteiger partial charge in [-0.05, 0) is 61.4 Å². The predicted octanol–water partition coefficient (Wildman–Crippen LogP) is 4.35. The van der Waals surface area contributed by atoms with E-state index in [1.165, 1.54) is 0 Å². The first kappa shape index (κ1) is 21.8. The molecule has 1 heterocycles. The summed E-state index contributed by atoms with van der Waals surface area (Å²) in [5.74, 6) is 0.622. The summed E-state index contributed by atoms with van der Waals surface area (Å²) in [4.78, 5) is 12.2. The van der Waals surface area contributed by atoms with Crippen LogP contribution in [0, 0.1) is 0 Å². The summed E-state index contributed by atoms with van der Waals surface area (Å²) in [5, 5.41) is 10.2. The number of nitrogens with one attached hydrogen (secondary N) is 1. The van der Waals surface area contributed by atoms with Crippen LogP contribution in [0.1, 0.15) is 26.2 Å². The van der Waals surface area contributed by atoms with E-state index in [1.807, 2.05) is 6.92 Å². The fraction of sp³-hybridized carbons (Fsp3) is 0.350. The van der Waals surface area contributed by atoms with Gasteiger partial charge >= 0.3 is 7.52 Å². The third-order valence-corrected chi connectivity index (χ3v) is 7.57. The molecule has 1 unspecified atom stereocenters. The average molecular weight is 439 g/mol. The molecule has 2 aromatic carbocycles. The zero-order valence-electron chi connectivity index (χ0n) is 16.1. The van der Waals surface area contributed by atoms with E-state index in [0.717, 1.165) is 0 Å². The molecule has 7 nitrogen and oxygen atoms in total.